The number of carbonyl (C=O) groups excluding carboxylic acids is 1. The number of rotatable bonds is 0. The molecule has 0 aromatic carbocycles. The van der Waals surface area contributed by atoms with Crippen molar-refractivity contribution in [2.45, 2.75) is 18.6 Å². The molecule has 10 heavy (non-hydrogen) atoms. The van der Waals surface area contributed by atoms with Crippen LogP contribution in [0.5, 0.6) is 0 Å². The van der Waals surface area contributed by atoms with Crippen molar-refractivity contribution in [3.63, 3.8) is 0 Å². The molecule has 0 radical (unpaired) electrons. The van der Waals surface area contributed by atoms with Crippen LogP contribution in [0, 0.1) is 5.92 Å². The Kier molecular flexibility index (Phi) is 1.08. The molecule has 0 saturated carbocycles. The Hall–Kier alpha value is -0.830. The predicted molar refractivity (Wildman–Crippen MR) is 35.1 cm³/mol. The zero-order valence-electron chi connectivity index (χ0n) is 5.49. The zero-order valence-corrected chi connectivity index (χ0v) is 5.49. The van der Waals surface area contributed by atoms with Crippen molar-refractivity contribution in [2.24, 2.45) is 11.7 Å². The number of ether oxygens (including phenoxy) is 1. The third-order valence-electron chi connectivity index (χ3n) is 2.04. The monoisotopic (exact) mass is 139 g/mol. The molecule has 2 N–H and O–H groups in total. The minimum atomic E-state index is -0.155. The Labute approximate surface area is 58.8 Å². The quantitative estimate of drug-likeness (QED) is 0.374. The predicted octanol–water partition coefficient (Wildman–Crippen LogP) is -0.185. The first-order valence-electron chi connectivity index (χ1n) is 3.42. The van der Waals surface area contributed by atoms with E-state index in [0.717, 1.165) is 6.42 Å². The van der Waals surface area contributed by atoms with Crippen LogP contribution in [0.25, 0.3) is 0 Å². The lowest BCUT2D eigenvalue weighted by atomic mass is 9.87. The van der Waals surface area contributed by atoms with E-state index in [1.807, 2.05) is 12.2 Å². The van der Waals surface area contributed by atoms with Crippen molar-refractivity contribution >= 4 is 5.97 Å². The van der Waals surface area contributed by atoms with Crippen LogP contribution in [0.2, 0.25) is 0 Å². The van der Waals surface area contributed by atoms with Crippen LogP contribution in [-0.2, 0) is 9.53 Å². The Morgan fingerprint density at radius 2 is 2.40 bits per heavy atom. The number of nitrogens with two attached hydrogens (primary N) is 1. The van der Waals surface area contributed by atoms with Gasteiger partial charge in [-0.05, 0) is 12.5 Å². The first kappa shape index (κ1) is 5.92. The van der Waals surface area contributed by atoms with Crippen molar-refractivity contribution < 1.29 is 9.53 Å². The molecule has 2 heterocycles. The van der Waals surface area contributed by atoms with Crippen LogP contribution in [0.3, 0.4) is 0 Å². The van der Waals surface area contributed by atoms with Gasteiger partial charge < -0.3 is 10.5 Å². The van der Waals surface area contributed by atoms with E-state index in [0.29, 0.717) is 0 Å². The second kappa shape index (κ2) is 1.83. The maximum atomic E-state index is 10.9. The topological polar surface area (TPSA) is 52.3 Å². The highest BCUT2D eigenvalue weighted by molar-refractivity contribution is 5.77. The summed E-state index contributed by atoms with van der Waals surface area (Å²) in [5.74, 6) is -0.186. The van der Waals surface area contributed by atoms with Gasteiger partial charge in [-0.25, -0.2) is 0 Å². The van der Waals surface area contributed by atoms with E-state index in [-0.39, 0.29) is 24.0 Å². The van der Waals surface area contributed by atoms with Crippen molar-refractivity contribution in [3.8, 4) is 0 Å². The molecule has 54 valence electrons. The molecule has 1 aliphatic carbocycles. The number of hydrogen-bond donors (Lipinski definition) is 1. The van der Waals surface area contributed by atoms with Crippen LogP contribution < -0.4 is 5.73 Å². The Balaban J connectivity index is 2.28. The summed E-state index contributed by atoms with van der Waals surface area (Å²) in [6, 6.07) is 0.0210. The molecule has 0 aromatic heterocycles. The van der Waals surface area contributed by atoms with E-state index >= 15 is 0 Å². The SMILES string of the molecule is NC1CC2C=CC1OC2=O. The lowest BCUT2D eigenvalue weighted by Crippen LogP contribution is -2.48. The van der Waals surface area contributed by atoms with E-state index in [2.05, 4.69) is 0 Å². The second-order valence-corrected chi connectivity index (χ2v) is 2.79. The fourth-order valence-corrected chi connectivity index (χ4v) is 1.42. The summed E-state index contributed by atoms with van der Waals surface area (Å²) in [6.45, 7) is 0. The molecule has 3 aliphatic rings. The maximum absolute atomic E-state index is 10.9. The maximum Gasteiger partial charge on any atom is 0.313 e. The number of carbonyl (C=O) groups is 1. The smallest absolute Gasteiger partial charge is 0.313 e. The Morgan fingerprint density at radius 1 is 1.60 bits per heavy atom. The summed E-state index contributed by atoms with van der Waals surface area (Å²) in [4.78, 5) is 10.9. The molecular formula is C7H9NO2. The lowest BCUT2D eigenvalue weighted by Gasteiger charge is -2.34. The fraction of sp³-hybridized carbons (Fsp3) is 0.571. The molecule has 3 heteroatoms. The normalized spacial score (nSPS) is 43.7. The highest BCUT2D eigenvalue weighted by Crippen LogP contribution is 2.26. The molecular weight excluding hydrogens is 130 g/mol. The highest BCUT2D eigenvalue weighted by Gasteiger charge is 2.36. The van der Waals surface area contributed by atoms with Gasteiger partial charge in [0.25, 0.3) is 0 Å². The molecule has 0 spiro atoms. The number of fused-ring (bicyclic) bond motifs is 2. The van der Waals surface area contributed by atoms with Crippen LogP contribution >= 0.6 is 0 Å². The van der Waals surface area contributed by atoms with Gasteiger partial charge in [-0.3, -0.25) is 4.79 Å². The van der Waals surface area contributed by atoms with Crippen molar-refractivity contribution in [1.82, 2.24) is 0 Å². The zero-order chi connectivity index (χ0) is 7.14. The third-order valence-corrected chi connectivity index (χ3v) is 2.04. The minimum Gasteiger partial charge on any atom is -0.456 e. The van der Waals surface area contributed by atoms with Gasteiger partial charge in [-0.15, -0.1) is 0 Å². The molecule has 1 fully saturated rings. The van der Waals surface area contributed by atoms with Gasteiger partial charge in [0.1, 0.15) is 6.10 Å². The molecule has 2 aliphatic heterocycles. The van der Waals surface area contributed by atoms with Gasteiger partial charge in [0.05, 0.1) is 5.92 Å². The molecule has 3 unspecified atom stereocenters. The van der Waals surface area contributed by atoms with Gasteiger partial charge in [0.15, 0.2) is 0 Å². The summed E-state index contributed by atoms with van der Waals surface area (Å²) in [5, 5.41) is 0. The van der Waals surface area contributed by atoms with Crippen LogP contribution in [-0.4, -0.2) is 18.1 Å². The average Bonchev–Trinajstić information content (AvgIpc) is 1.91. The van der Waals surface area contributed by atoms with E-state index in [4.69, 9.17) is 10.5 Å². The summed E-state index contributed by atoms with van der Waals surface area (Å²) in [7, 11) is 0. The molecule has 3 atom stereocenters. The highest BCUT2D eigenvalue weighted by atomic mass is 16.5. The summed E-state index contributed by atoms with van der Waals surface area (Å²) >= 11 is 0. The van der Waals surface area contributed by atoms with E-state index in [1.165, 1.54) is 0 Å². The van der Waals surface area contributed by atoms with Crippen molar-refractivity contribution in [3.05, 3.63) is 12.2 Å². The van der Waals surface area contributed by atoms with Gasteiger partial charge >= 0.3 is 5.97 Å². The summed E-state index contributed by atoms with van der Waals surface area (Å²) < 4.78 is 4.95. The van der Waals surface area contributed by atoms with Crippen molar-refractivity contribution in [2.75, 3.05) is 0 Å². The van der Waals surface area contributed by atoms with Crippen LogP contribution in [0.4, 0.5) is 0 Å². The standard InChI is InChI=1S/C7H9NO2/c8-5-3-4-1-2-6(5)10-7(4)9/h1-2,4-6H,3,8H2. The second-order valence-electron chi connectivity index (χ2n) is 2.79. The fourth-order valence-electron chi connectivity index (χ4n) is 1.42. The molecule has 3 rings (SSSR count). The van der Waals surface area contributed by atoms with Gasteiger partial charge in [0.2, 0.25) is 0 Å². The minimum absolute atomic E-state index is 0.0210. The van der Waals surface area contributed by atoms with Gasteiger partial charge in [-0.1, -0.05) is 6.08 Å². The lowest BCUT2D eigenvalue weighted by molar-refractivity contribution is -0.158. The Morgan fingerprint density at radius 3 is 2.70 bits per heavy atom. The van der Waals surface area contributed by atoms with Gasteiger partial charge in [0, 0.05) is 6.04 Å². The summed E-state index contributed by atoms with van der Waals surface area (Å²) in [6.07, 6.45) is 4.36. The largest absolute Gasteiger partial charge is 0.456 e. The Bertz CT molecular complexity index is 200. The van der Waals surface area contributed by atoms with Gasteiger partial charge in [-0.2, -0.15) is 0 Å². The van der Waals surface area contributed by atoms with E-state index < -0.39 is 0 Å². The molecule has 0 amide bonds. The number of esters is 1. The third kappa shape index (κ3) is 0.671. The number of hydrogen-bond acceptors (Lipinski definition) is 3. The van der Waals surface area contributed by atoms with E-state index in [1.54, 1.807) is 0 Å². The van der Waals surface area contributed by atoms with Crippen molar-refractivity contribution in [1.29, 1.82) is 0 Å². The van der Waals surface area contributed by atoms with Crippen LogP contribution in [0.15, 0.2) is 12.2 Å². The van der Waals surface area contributed by atoms with E-state index in [9.17, 15) is 4.79 Å². The molecule has 1 saturated heterocycles. The molecule has 2 bridgehead atoms. The molecule has 0 aromatic rings. The molecule has 3 nitrogen and oxygen atoms in total. The average molecular weight is 139 g/mol. The first-order chi connectivity index (χ1) is 4.77. The first-order valence-corrected chi connectivity index (χ1v) is 3.42. The summed E-state index contributed by atoms with van der Waals surface area (Å²) in [5.41, 5.74) is 5.65. The van der Waals surface area contributed by atoms with Crippen LogP contribution in [0.1, 0.15) is 6.42 Å².